The van der Waals surface area contributed by atoms with Gasteiger partial charge in [0, 0.05) is 45.3 Å². The number of benzene rings is 14. The Morgan fingerprint density at radius 2 is 0.472 bits per heavy atom. The fourth-order valence-corrected chi connectivity index (χ4v) is 17.0. The van der Waals surface area contributed by atoms with Crippen LogP contribution < -0.4 is 9.80 Å². The highest BCUT2D eigenvalue weighted by Crippen LogP contribution is 2.56. The quantitative estimate of drug-likeness (QED) is 0.0225. The van der Waals surface area contributed by atoms with Crippen LogP contribution in [0.15, 0.2) is 303 Å². The first-order chi connectivity index (χ1) is 52.8. The molecule has 0 saturated carbocycles. The van der Waals surface area contributed by atoms with Gasteiger partial charge >= 0.3 is 15.2 Å². The largest absolute Gasteiger partial charge is 0.335 e. The maximum atomic E-state index is 13.4. The molecule has 540 valence electrons. The first-order valence-corrected chi connectivity index (χ1v) is 40.1. The average molecular weight is 1460 g/mol. The molecule has 0 bridgehead atoms. The lowest BCUT2D eigenvalue weighted by molar-refractivity contribution is 0.111. The third kappa shape index (κ3) is 18.9. The second kappa shape index (κ2) is 36.7. The SMILES string of the molecule is CCOP(=O)(Cc1c2ccccc2c(CP(=O)(OCC)OCC)c2ccccc12)OCC.Cc1ccc(N(c2ccc(C=Cc3ccccc3)cc2)c2ccc(C=Cc3c4ccccc4c(C=Cc4ccccc4)c4ccccc34)cc2)cc1.Cc1ccc(N(c2ccc(C=O)cc2)c2ccc(C=O)cc2)cc1. The van der Waals surface area contributed by atoms with Crippen molar-refractivity contribution in [3.05, 3.63) is 370 Å². The third-order valence-corrected chi connectivity index (χ3v) is 22.6. The van der Waals surface area contributed by atoms with Crippen molar-refractivity contribution in [1.29, 1.82) is 0 Å². The Kier molecular flexibility index (Phi) is 25.9. The number of aldehydes is 2. The number of hydrogen-bond acceptors (Lipinski definition) is 10. The summed E-state index contributed by atoms with van der Waals surface area (Å²) in [5.74, 6) is 0. The molecule has 14 aromatic carbocycles. The highest BCUT2D eigenvalue weighted by atomic mass is 31.2. The number of nitrogens with zero attached hydrogens (tertiary/aromatic N) is 2. The molecule has 0 amide bonds. The van der Waals surface area contributed by atoms with Crippen LogP contribution in [0.2, 0.25) is 0 Å². The maximum Gasteiger partial charge on any atom is 0.335 e. The van der Waals surface area contributed by atoms with Gasteiger partial charge in [-0.05, 0) is 226 Å². The standard InChI is InChI=1S/C51H39N.C24H32O6P2.C21H17NO2/c1-38-20-30-43(31-21-38)52(44-32-24-41(25-33-44)23-22-39-12-4-2-5-13-39)45-34-26-42(27-35-45)29-37-51-48-18-10-8-16-46(48)50(47-17-9-11-19-49(47)51)36-28-40-14-6-3-7-15-40;1-5-27-31(25,28-6-2)17-23-19-13-9-11-15-21(19)24(22-16-12-10-14-20(22)23)18-32(26,29-7-3)30-8-4;1-16-2-8-19(9-3-16)22(20-10-4-17(14-23)5-11-20)21-12-6-18(15-24)7-13-21/h2-37H,1H3;9-16H,5-8,17-18H2,1-4H3;2-15H,1H3. The van der Waals surface area contributed by atoms with Crippen LogP contribution in [0.1, 0.15) is 104 Å². The summed E-state index contributed by atoms with van der Waals surface area (Å²) in [6.07, 6.45) is 15.3. The van der Waals surface area contributed by atoms with E-state index >= 15 is 0 Å². The number of fused-ring (bicyclic) bond motifs is 4. The Labute approximate surface area is 634 Å². The zero-order valence-electron chi connectivity index (χ0n) is 61.8. The number of aryl methyl sites for hydroxylation is 2. The van der Waals surface area contributed by atoms with E-state index in [1.165, 1.54) is 54.9 Å². The molecular weight excluding hydrogens is 1370 g/mol. The van der Waals surface area contributed by atoms with Gasteiger partial charge in [0.25, 0.3) is 0 Å². The van der Waals surface area contributed by atoms with Gasteiger partial charge in [-0.2, -0.15) is 0 Å². The number of anilines is 6. The lowest BCUT2D eigenvalue weighted by atomic mass is 9.91. The minimum absolute atomic E-state index is 0.157. The van der Waals surface area contributed by atoms with Crippen molar-refractivity contribution in [1.82, 2.24) is 0 Å². The van der Waals surface area contributed by atoms with E-state index in [4.69, 9.17) is 18.1 Å². The summed E-state index contributed by atoms with van der Waals surface area (Å²) in [4.78, 5) is 26.2. The molecule has 0 unspecified atom stereocenters. The molecule has 0 saturated heterocycles. The molecule has 0 fully saturated rings. The molecule has 0 radical (unpaired) electrons. The molecule has 0 aliphatic rings. The summed E-state index contributed by atoms with van der Waals surface area (Å²) in [7, 11) is -6.66. The fraction of sp³-hybridized carbons (Fsp3) is 0.125. The zero-order chi connectivity index (χ0) is 75.2. The average Bonchev–Trinajstić information content (AvgIpc) is 0.754. The van der Waals surface area contributed by atoms with E-state index in [1.807, 2.05) is 113 Å². The Morgan fingerprint density at radius 3 is 0.722 bits per heavy atom. The van der Waals surface area contributed by atoms with Gasteiger partial charge in [0.2, 0.25) is 0 Å². The number of hydrogen-bond donors (Lipinski definition) is 0. The van der Waals surface area contributed by atoms with Crippen LogP contribution in [0.25, 0.3) is 79.5 Å². The molecular formula is C96H88N2O8P2. The minimum atomic E-state index is -3.33. The van der Waals surface area contributed by atoms with Crippen molar-refractivity contribution in [3.63, 3.8) is 0 Å². The van der Waals surface area contributed by atoms with Crippen molar-refractivity contribution in [2.45, 2.75) is 53.9 Å². The minimum Gasteiger partial charge on any atom is -0.311 e. The number of rotatable bonds is 26. The number of carbonyl (C=O) groups is 2. The van der Waals surface area contributed by atoms with Crippen LogP contribution in [-0.4, -0.2) is 39.0 Å². The lowest BCUT2D eigenvalue weighted by Crippen LogP contribution is -2.10. The van der Waals surface area contributed by atoms with E-state index in [0.29, 0.717) is 37.6 Å². The molecule has 0 aliphatic heterocycles. The molecule has 10 nitrogen and oxygen atoms in total. The Bertz CT molecular complexity index is 5280. The summed E-state index contributed by atoms with van der Waals surface area (Å²) >= 11 is 0. The van der Waals surface area contributed by atoms with E-state index in [0.717, 1.165) is 90.5 Å². The topological polar surface area (TPSA) is 112 Å². The van der Waals surface area contributed by atoms with E-state index in [9.17, 15) is 18.7 Å². The zero-order valence-corrected chi connectivity index (χ0v) is 63.6. The van der Waals surface area contributed by atoms with Gasteiger partial charge < -0.3 is 27.9 Å². The predicted molar refractivity (Wildman–Crippen MR) is 454 cm³/mol. The molecule has 12 heteroatoms. The molecule has 108 heavy (non-hydrogen) atoms. The van der Waals surface area contributed by atoms with E-state index in [2.05, 4.69) is 253 Å². The van der Waals surface area contributed by atoms with Crippen LogP contribution in [0.3, 0.4) is 0 Å². The first kappa shape index (κ1) is 76.2. The molecule has 0 aliphatic carbocycles. The van der Waals surface area contributed by atoms with Crippen molar-refractivity contribution in [2.24, 2.45) is 0 Å². The second-order valence-electron chi connectivity index (χ2n) is 25.9. The molecule has 0 atom stereocenters. The summed E-state index contributed by atoms with van der Waals surface area (Å²) in [5, 5.41) is 8.71. The third-order valence-electron chi connectivity index (χ3n) is 18.6. The van der Waals surface area contributed by atoms with Crippen LogP contribution in [0, 0.1) is 13.8 Å². The predicted octanol–water partition coefficient (Wildman–Crippen LogP) is 26.9. The molecule has 0 spiro atoms. The molecule has 0 aromatic heterocycles. The maximum absolute atomic E-state index is 13.4. The summed E-state index contributed by atoms with van der Waals surface area (Å²) in [6.45, 7) is 12.6. The first-order valence-electron chi connectivity index (χ1n) is 36.6. The molecule has 0 heterocycles. The van der Waals surface area contributed by atoms with Gasteiger partial charge in [0.1, 0.15) is 12.6 Å². The summed E-state index contributed by atoms with van der Waals surface area (Å²) in [5.41, 5.74) is 18.9. The van der Waals surface area contributed by atoms with Crippen LogP contribution in [-0.2, 0) is 39.5 Å². The van der Waals surface area contributed by atoms with Gasteiger partial charge in [-0.3, -0.25) is 18.7 Å². The van der Waals surface area contributed by atoms with Gasteiger partial charge in [0.05, 0.1) is 38.8 Å². The van der Waals surface area contributed by atoms with Crippen LogP contribution >= 0.6 is 15.2 Å². The second-order valence-corrected chi connectivity index (χ2v) is 30.0. The van der Waals surface area contributed by atoms with Gasteiger partial charge in [0.15, 0.2) is 0 Å². The summed E-state index contributed by atoms with van der Waals surface area (Å²) in [6, 6.07) is 104. The molecule has 14 aromatic rings. The van der Waals surface area contributed by atoms with Gasteiger partial charge in [-0.25, -0.2) is 0 Å². The normalized spacial score (nSPS) is 11.6. The smallest absolute Gasteiger partial charge is 0.311 e. The van der Waals surface area contributed by atoms with Crippen molar-refractivity contribution >= 4 is 141 Å². The Hall–Kier alpha value is -11.4. The Balaban J connectivity index is 0.000000166. The van der Waals surface area contributed by atoms with Gasteiger partial charge in [-0.1, -0.05) is 254 Å². The van der Waals surface area contributed by atoms with Crippen molar-refractivity contribution in [3.8, 4) is 0 Å². The lowest BCUT2D eigenvalue weighted by Gasteiger charge is -2.26. The number of carbonyl (C=O) groups excluding carboxylic acids is 2. The highest BCUT2D eigenvalue weighted by molar-refractivity contribution is 7.53. The van der Waals surface area contributed by atoms with Gasteiger partial charge in [-0.15, -0.1) is 0 Å². The Morgan fingerprint density at radius 1 is 0.259 bits per heavy atom. The highest BCUT2D eigenvalue weighted by Gasteiger charge is 2.31. The van der Waals surface area contributed by atoms with E-state index in [1.54, 1.807) is 24.3 Å². The van der Waals surface area contributed by atoms with E-state index < -0.39 is 15.2 Å². The molecule has 0 N–H and O–H groups in total. The molecule has 14 rings (SSSR count). The van der Waals surface area contributed by atoms with E-state index in [-0.39, 0.29) is 12.3 Å². The van der Waals surface area contributed by atoms with Crippen molar-refractivity contribution < 1.29 is 36.8 Å². The fourth-order valence-electron chi connectivity index (χ4n) is 13.5. The van der Waals surface area contributed by atoms with Crippen molar-refractivity contribution in [2.75, 3.05) is 36.2 Å². The summed E-state index contributed by atoms with van der Waals surface area (Å²) < 4.78 is 49.2. The van der Waals surface area contributed by atoms with Crippen LogP contribution in [0.4, 0.5) is 34.1 Å². The monoisotopic (exact) mass is 1460 g/mol. The van der Waals surface area contributed by atoms with Crippen LogP contribution in [0.5, 0.6) is 0 Å².